The average molecular weight is 332 g/mol. The molecule has 0 atom stereocenters. The number of aryl methyl sites for hydroxylation is 1. The van der Waals surface area contributed by atoms with Crippen molar-refractivity contribution in [2.24, 2.45) is 0 Å². The number of hydrogen-bond acceptors (Lipinski definition) is 3. The highest BCUT2D eigenvalue weighted by molar-refractivity contribution is 6.36. The number of anilines is 2. The molecule has 0 aliphatic rings. The second-order valence-corrected chi connectivity index (χ2v) is 5.32. The fourth-order valence-electron chi connectivity index (χ4n) is 1.69. The van der Waals surface area contributed by atoms with E-state index in [-0.39, 0.29) is 16.4 Å². The molecule has 0 saturated carbocycles. The largest absolute Gasteiger partial charge is 0.349 e. The lowest BCUT2D eigenvalue weighted by molar-refractivity contribution is -0.383. The van der Waals surface area contributed by atoms with Crippen LogP contribution in [0.3, 0.4) is 0 Å². The molecule has 0 amide bonds. The van der Waals surface area contributed by atoms with E-state index in [1.165, 1.54) is 6.07 Å². The fraction of sp³-hybridized carbons (Fsp3) is 0.0769. The van der Waals surface area contributed by atoms with Crippen molar-refractivity contribution in [3.63, 3.8) is 0 Å². The van der Waals surface area contributed by atoms with E-state index in [4.69, 9.17) is 34.8 Å². The number of benzene rings is 2. The lowest BCUT2D eigenvalue weighted by Gasteiger charge is -2.11. The molecule has 0 aliphatic carbocycles. The maximum absolute atomic E-state index is 11.1. The molecule has 0 fully saturated rings. The zero-order chi connectivity index (χ0) is 14.9. The Balaban J connectivity index is 2.48. The summed E-state index contributed by atoms with van der Waals surface area (Å²) in [5.41, 5.74) is 1.35. The van der Waals surface area contributed by atoms with Crippen molar-refractivity contribution in [1.29, 1.82) is 0 Å². The van der Waals surface area contributed by atoms with Crippen LogP contribution in [-0.2, 0) is 0 Å². The predicted octanol–water partition coefficient (Wildman–Crippen LogP) is 5.61. The van der Waals surface area contributed by atoms with Crippen LogP contribution in [0.1, 0.15) is 5.56 Å². The van der Waals surface area contributed by atoms with E-state index >= 15 is 0 Å². The summed E-state index contributed by atoms with van der Waals surface area (Å²) in [5.74, 6) is 0. The number of nitro groups is 1. The van der Waals surface area contributed by atoms with Gasteiger partial charge in [0, 0.05) is 5.02 Å². The molecule has 0 heterocycles. The van der Waals surface area contributed by atoms with Crippen LogP contribution in [0.25, 0.3) is 0 Å². The number of rotatable bonds is 3. The topological polar surface area (TPSA) is 55.2 Å². The van der Waals surface area contributed by atoms with Gasteiger partial charge in [-0.25, -0.2) is 0 Å². The molecule has 2 aromatic rings. The fourth-order valence-corrected chi connectivity index (χ4v) is 2.36. The highest BCUT2D eigenvalue weighted by Gasteiger charge is 2.19. The molecule has 2 aromatic carbocycles. The average Bonchev–Trinajstić information content (AvgIpc) is 2.35. The Morgan fingerprint density at radius 3 is 2.40 bits per heavy atom. The number of nitrogens with one attached hydrogen (secondary N) is 1. The number of nitrogens with zero attached hydrogens (tertiary/aromatic N) is 1. The molecule has 0 bridgehead atoms. The van der Waals surface area contributed by atoms with Crippen LogP contribution < -0.4 is 5.32 Å². The molecule has 0 aromatic heterocycles. The second-order valence-electron chi connectivity index (χ2n) is 4.10. The molecule has 0 unspecified atom stereocenters. The lowest BCUT2D eigenvalue weighted by atomic mass is 10.2. The molecule has 0 aliphatic heterocycles. The van der Waals surface area contributed by atoms with Gasteiger partial charge in [0.1, 0.15) is 10.7 Å². The molecular formula is C13H9Cl3N2O2. The maximum Gasteiger partial charge on any atom is 0.311 e. The molecule has 7 heteroatoms. The molecule has 20 heavy (non-hydrogen) atoms. The van der Waals surface area contributed by atoms with Crippen LogP contribution in [0.5, 0.6) is 0 Å². The predicted molar refractivity (Wildman–Crippen MR) is 82.6 cm³/mol. The summed E-state index contributed by atoms with van der Waals surface area (Å²) in [6.07, 6.45) is 0. The van der Waals surface area contributed by atoms with Crippen LogP contribution >= 0.6 is 34.8 Å². The zero-order valence-corrected chi connectivity index (χ0v) is 12.6. The van der Waals surface area contributed by atoms with Crippen molar-refractivity contribution in [1.82, 2.24) is 0 Å². The Morgan fingerprint density at radius 1 is 1.05 bits per heavy atom. The van der Waals surface area contributed by atoms with Crippen molar-refractivity contribution in [3.8, 4) is 0 Å². The van der Waals surface area contributed by atoms with Gasteiger partial charge >= 0.3 is 5.69 Å². The summed E-state index contributed by atoms with van der Waals surface area (Å²) in [4.78, 5) is 10.5. The summed E-state index contributed by atoms with van der Waals surface area (Å²) in [5, 5.41) is 14.9. The minimum Gasteiger partial charge on any atom is -0.349 e. The number of halogens is 3. The first-order valence-electron chi connectivity index (χ1n) is 5.55. The zero-order valence-electron chi connectivity index (χ0n) is 10.3. The Labute approximate surface area is 130 Å². The molecule has 0 spiro atoms. The Morgan fingerprint density at radius 2 is 1.75 bits per heavy atom. The van der Waals surface area contributed by atoms with Crippen molar-refractivity contribution in [2.75, 3.05) is 5.32 Å². The SMILES string of the molecule is Cc1cc(Cl)c(Nc2cccc(Cl)c2[N+](=O)[O-])cc1Cl. The Hall–Kier alpha value is -1.49. The van der Waals surface area contributed by atoms with Gasteiger partial charge in [0.15, 0.2) is 0 Å². The highest BCUT2D eigenvalue weighted by atomic mass is 35.5. The van der Waals surface area contributed by atoms with Gasteiger partial charge in [0.2, 0.25) is 0 Å². The number of para-hydroxylation sites is 1. The molecule has 4 nitrogen and oxygen atoms in total. The van der Waals surface area contributed by atoms with E-state index in [2.05, 4.69) is 5.32 Å². The first-order valence-corrected chi connectivity index (χ1v) is 6.69. The van der Waals surface area contributed by atoms with Crippen LogP contribution in [0.15, 0.2) is 30.3 Å². The summed E-state index contributed by atoms with van der Waals surface area (Å²) >= 11 is 18.0. The van der Waals surface area contributed by atoms with Gasteiger partial charge in [0.25, 0.3) is 0 Å². The third-order valence-corrected chi connectivity index (χ3v) is 3.71. The van der Waals surface area contributed by atoms with E-state index in [1.54, 1.807) is 24.3 Å². The van der Waals surface area contributed by atoms with Crippen LogP contribution in [0, 0.1) is 17.0 Å². The Kier molecular flexibility index (Phi) is 4.38. The third-order valence-electron chi connectivity index (χ3n) is 2.69. The molecule has 2 rings (SSSR count). The van der Waals surface area contributed by atoms with Crippen LogP contribution in [0.2, 0.25) is 15.1 Å². The van der Waals surface area contributed by atoms with E-state index in [0.717, 1.165) is 5.56 Å². The number of nitro benzene ring substituents is 1. The maximum atomic E-state index is 11.1. The van der Waals surface area contributed by atoms with Gasteiger partial charge < -0.3 is 5.32 Å². The van der Waals surface area contributed by atoms with Gasteiger partial charge in [-0.05, 0) is 36.8 Å². The molecule has 0 saturated heterocycles. The van der Waals surface area contributed by atoms with Gasteiger partial charge in [-0.1, -0.05) is 40.9 Å². The van der Waals surface area contributed by atoms with E-state index in [1.807, 2.05) is 6.92 Å². The smallest absolute Gasteiger partial charge is 0.311 e. The van der Waals surface area contributed by atoms with Crippen LogP contribution in [-0.4, -0.2) is 4.92 Å². The first kappa shape index (κ1) is 14.9. The highest BCUT2D eigenvalue weighted by Crippen LogP contribution is 2.37. The van der Waals surface area contributed by atoms with Gasteiger partial charge in [0.05, 0.1) is 15.6 Å². The second kappa shape index (κ2) is 5.87. The summed E-state index contributed by atoms with van der Waals surface area (Å²) < 4.78 is 0. The lowest BCUT2D eigenvalue weighted by Crippen LogP contribution is -1.98. The monoisotopic (exact) mass is 330 g/mol. The van der Waals surface area contributed by atoms with Crippen LogP contribution in [0.4, 0.5) is 17.1 Å². The Bertz CT molecular complexity index is 690. The molecule has 0 radical (unpaired) electrons. The van der Waals surface area contributed by atoms with Gasteiger partial charge in [-0.15, -0.1) is 0 Å². The summed E-state index contributed by atoms with van der Waals surface area (Å²) in [6.45, 7) is 1.82. The minimum atomic E-state index is -0.547. The van der Waals surface area contributed by atoms with Crippen molar-refractivity contribution in [3.05, 3.63) is 61.1 Å². The standard InChI is InChI=1S/C13H9Cl3N2O2/c1-7-5-10(16)12(6-9(7)15)17-11-4-2-3-8(14)13(11)18(19)20/h2-6,17H,1H3. The normalized spacial score (nSPS) is 10.4. The number of hydrogen-bond donors (Lipinski definition) is 1. The third kappa shape index (κ3) is 2.98. The van der Waals surface area contributed by atoms with Crippen molar-refractivity contribution in [2.45, 2.75) is 6.92 Å². The summed E-state index contributed by atoms with van der Waals surface area (Å²) in [7, 11) is 0. The molecular weight excluding hydrogens is 323 g/mol. The summed E-state index contributed by atoms with van der Waals surface area (Å²) in [6, 6.07) is 7.91. The minimum absolute atomic E-state index is 0.0503. The van der Waals surface area contributed by atoms with E-state index in [0.29, 0.717) is 15.7 Å². The van der Waals surface area contributed by atoms with Crippen molar-refractivity contribution >= 4 is 51.9 Å². The molecule has 1 N–H and O–H groups in total. The van der Waals surface area contributed by atoms with Gasteiger partial charge in [-0.3, -0.25) is 10.1 Å². The quantitative estimate of drug-likeness (QED) is 0.587. The van der Waals surface area contributed by atoms with E-state index in [9.17, 15) is 10.1 Å². The first-order chi connectivity index (χ1) is 9.40. The van der Waals surface area contributed by atoms with Gasteiger partial charge in [-0.2, -0.15) is 0 Å². The van der Waals surface area contributed by atoms with E-state index < -0.39 is 4.92 Å². The molecule has 104 valence electrons. The van der Waals surface area contributed by atoms with Crippen molar-refractivity contribution < 1.29 is 4.92 Å².